The standard InChI is InChI=1S/C15H20N2O4S/c1-11-2-5-13(10-14(11)16-15(18)12-3-4-12)22(19,20)17-6-8-21-9-7-17/h2,5,10,12H,3-4,6-9H2,1H3,(H,16,18). The lowest BCUT2D eigenvalue weighted by atomic mass is 10.2. The van der Waals surface area contributed by atoms with Gasteiger partial charge in [0, 0.05) is 24.7 Å². The Morgan fingerprint density at radius 1 is 1.27 bits per heavy atom. The van der Waals surface area contributed by atoms with Gasteiger partial charge in [0.15, 0.2) is 0 Å². The van der Waals surface area contributed by atoms with Gasteiger partial charge in [0.2, 0.25) is 15.9 Å². The number of anilines is 1. The molecule has 0 spiro atoms. The van der Waals surface area contributed by atoms with Crippen molar-refractivity contribution in [3.63, 3.8) is 0 Å². The topological polar surface area (TPSA) is 75.7 Å². The average Bonchev–Trinajstić information content (AvgIpc) is 3.35. The second-order valence-electron chi connectivity index (χ2n) is 5.76. The third kappa shape index (κ3) is 3.16. The van der Waals surface area contributed by atoms with Crippen molar-refractivity contribution in [1.82, 2.24) is 4.31 Å². The Balaban J connectivity index is 1.85. The minimum absolute atomic E-state index is 0.0241. The normalized spacial score (nSPS) is 19.9. The van der Waals surface area contributed by atoms with Crippen LogP contribution in [0.1, 0.15) is 18.4 Å². The van der Waals surface area contributed by atoms with E-state index in [1.54, 1.807) is 18.2 Å². The van der Waals surface area contributed by atoms with Gasteiger partial charge in [0.05, 0.1) is 18.1 Å². The Morgan fingerprint density at radius 3 is 2.59 bits per heavy atom. The molecular weight excluding hydrogens is 304 g/mol. The fourth-order valence-corrected chi connectivity index (χ4v) is 3.85. The molecule has 1 aromatic rings. The molecule has 0 bridgehead atoms. The molecule has 2 aliphatic rings. The van der Waals surface area contributed by atoms with Gasteiger partial charge in [-0.05, 0) is 37.5 Å². The number of morpholine rings is 1. The summed E-state index contributed by atoms with van der Waals surface area (Å²) in [7, 11) is -3.54. The highest BCUT2D eigenvalue weighted by Crippen LogP contribution is 2.31. The minimum atomic E-state index is -3.54. The molecule has 1 saturated heterocycles. The second-order valence-corrected chi connectivity index (χ2v) is 7.69. The molecule has 1 amide bonds. The number of nitrogens with zero attached hydrogens (tertiary/aromatic N) is 1. The Bertz CT molecular complexity index is 677. The van der Waals surface area contributed by atoms with Crippen LogP contribution in [0.15, 0.2) is 23.1 Å². The minimum Gasteiger partial charge on any atom is -0.379 e. The van der Waals surface area contributed by atoms with E-state index in [2.05, 4.69) is 5.32 Å². The molecule has 7 heteroatoms. The van der Waals surface area contributed by atoms with Crippen molar-refractivity contribution in [2.75, 3.05) is 31.6 Å². The first-order valence-electron chi connectivity index (χ1n) is 7.48. The third-order valence-corrected chi connectivity index (χ3v) is 5.92. The number of carbonyl (C=O) groups excluding carboxylic acids is 1. The van der Waals surface area contributed by atoms with Gasteiger partial charge in [-0.15, -0.1) is 0 Å². The Hall–Kier alpha value is -1.44. The van der Waals surface area contributed by atoms with E-state index in [1.165, 1.54) is 4.31 Å². The molecule has 22 heavy (non-hydrogen) atoms. The van der Waals surface area contributed by atoms with Crippen LogP contribution in [-0.2, 0) is 19.6 Å². The molecule has 1 saturated carbocycles. The van der Waals surface area contributed by atoms with E-state index in [1.807, 2.05) is 6.92 Å². The monoisotopic (exact) mass is 324 g/mol. The van der Waals surface area contributed by atoms with E-state index >= 15 is 0 Å². The number of ether oxygens (including phenoxy) is 1. The fraction of sp³-hybridized carbons (Fsp3) is 0.533. The number of rotatable bonds is 4. The molecular formula is C15H20N2O4S. The summed E-state index contributed by atoms with van der Waals surface area (Å²) in [5, 5.41) is 2.84. The van der Waals surface area contributed by atoms with Crippen LogP contribution in [-0.4, -0.2) is 44.9 Å². The summed E-state index contributed by atoms with van der Waals surface area (Å²) in [5.74, 6) is 0.0583. The van der Waals surface area contributed by atoms with Crippen LogP contribution in [0.25, 0.3) is 0 Å². The number of nitrogens with one attached hydrogen (secondary N) is 1. The van der Waals surface area contributed by atoms with Crippen LogP contribution in [0, 0.1) is 12.8 Å². The van der Waals surface area contributed by atoms with Gasteiger partial charge >= 0.3 is 0 Å². The van der Waals surface area contributed by atoms with Crippen molar-refractivity contribution in [3.05, 3.63) is 23.8 Å². The first-order valence-corrected chi connectivity index (χ1v) is 8.92. The van der Waals surface area contributed by atoms with Crippen molar-refractivity contribution in [1.29, 1.82) is 0 Å². The van der Waals surface area contributed by atoms with Gasteiger partial charge in [-0.1, -0.05) is 6.07 Å². The maximum absolute atomic E-state index is 12.6. The molecule has 3 rings (SSSR count). The summed E-state index contributed by atoms with van der Waals surface area (Å²) in [6, 6.07) is 4.88. The van der Waals surface area contributed by atoms with E-state index in [0.717, 1.165) is 18.4 Å². The smallest absolute Gasteiger partial charge is 0.243 e. The lowest BCUT2D eigenvalue weighted by Gasteiger charge is -2.26. The number of aryl methyl sites for hydroxylation is 1. The lowest BCUT2D eigenvalue weighted by Crippen LogP contribution is -2.40. The number of hydrogen-bond acceptors (Lipinski definition) is 4. The van der Waals surface area contributed by atoms with E-state index in [9.17, 15) is 13.2 Å². The summed E-state index contributed by atoms with van der Waals surface area (Å²) < 4.78 is 31.9. The van der Waals surface area contributed by atoms with E-state index in [0.29, 0.717) is 32.0 Å². The average molecular weight is 324 g/mol. The van der Waals surface area contributed by atoms with Crippen LogP contribution in [0.2, 0.25) is 0 Å². The van der Waals surface area contributed by atoms with Gasteiger partial charge < -0.3 is 10.1 Å². The zero-order valence-corrected chi connectivity index (χ0v) is 13.4. The lowest BCUT2D eigenvalue weighted by molar-refractivity contribution is -0.117. The van der Waals surface area contributed by atoms with Crippen molar-refractivity contribution in [3.8, 4) is 0 Å². The number of hydrogen-bond donors (Lipinski definition) is 1. The maximum atomic E-state index is 12.6. The van der Waals surface area contributed by atoms with Gasteiger partial charge in [0.25, 0.3) is 0 Å². The third-order valence-electron chi connectivity index (χ3n) is 4.02. The maximum Gasteiger partial charge on any atom is 0.243 e. The van der Waals surface area contributed by atoms with Crippen LogP contribution < -0.4 is 5.32 Å². The molecule has 0 radical (unpaired) electrons. The van der Waals surface area contributed by atoms with E-state index in [4.69, 9.17) is 4.74 Å². The summed E-state index contributed by atoms with van der Waals surface area (Å²) in [6.07, 6.45) is 1.83. The Kier molecular flexibility index (Phi) is 4.20. The molecule has 1 aliphatic heterocycles. The Morgan fingerprint density at radius 2 is 1.95 bits per heavy atom. The van der Waals surface area contributed by atoms with Crippen LogP contribution in [0.5, 0.6) is 0 Å². The van der Waals surface area contributed by atoms with Crippen LogP contribution in [0.3, 0.4) is 0 Å². The van der Waals surface area contributed by atoms with Crippen molar-refractivity contribution >= 4 is 21.6 Å². The Labute approximate surface area is 130 Å². The fourth-order valence-electron chi connectivity index (χ4n) is 2.41. The highest BCUT2D eigenvalue weighted by molar-refractivity contribution is 7.89. The van der Waals surface area contributed by atoms with Gasteiger partial charge in [-0.25, -0.2) is 8.42 Å². The van der Waals surface area contributed by atoms with E-state index < -0.39 is 10.0 Å². The predicted molar refractivity (Wildman–Crippen MR) is 82.1 cm³/mol. The molecule has 1 N–H and O–H groups in total. The first kappa shape index (κ1) is 15.5. The van der Waals surface area contributed by atoms with Gasteiger partial charge in [-0.2, -0.15) is 4.31 Å². The number of sulfonamides is 1. The molecule has 1 heterocycles. The number of amides is 1. The molecule has 1 aromatic carbocycles. The first-order chi connectivity index (χ1) is 10.5. The highest BCUT2D eigenvalue weighted by atomic mass is 32.2. The largest absolute Gasteiger partial charge is 0.379 e. The SMILES string of the molecule is Cc1ccc(S(=O)(=O)N2CCOCC2)cc1NC(=O)C1CC1. The summed E-state index contributed by atoms with van der Waals surface area (Å²) in [6.45, 7) is 3.40. The van der Waals surface area contributed by atoms with Crippen LogP contribution in [0.4, 0.5) is 5.69 Å². The molecule has 2 fully saturated rings. The number of carbonyl (C=O) groups is 1. The molecule has 120 valence electrons. The summed E-state index contributed by atoms with van der Waals surface area (Å²) in [5.41, 5.74) is 1.43. The molecule has 1 aliphatic carbocycles. The highest BCUT2D eigenvalue weighted by Gasteiger charge is 2.31. The molecule has 0 atom stereocenters. The zero-order chi connectivity index (χ0) is 15.7. The molecule has 0 aromatic heterocycles. The molecule has 6 nitrogen and oxygen atoms in total. The van der Waals surface area contributed by atoms with E-state index in [-0.39, 0.29) is 16.7 Å². The zero-order valence-electron chi connectivity index (χ0n) is 12.5. The van der Waals surface area contributed by atoms with Gasteiger partial charge in [-0.3, -0.25) is 4.79 Å². The molecule has 0 unspecified atom stereocenters. The van der Waals surface area contributed by atoms with Crippen molar-refractivity contribution in [2.24, 2.45) is 5.92 Å². The van der Waals surface area contributed by atoms with Crippen molar-refractivity contribution < 1.29 is 17.9 Å². The number of benzene rings is 1. The quantitative estimate of drug-likeness (QED) is 0.907. The predicted octanol–water partition coefficient (Wildman–Crippen LogP) is 1.36. The van der Waals surface area contributed by atoms with Crippen molar-refractivity contribution in [2.45, 2.75) is 24.7 Å². The summed E-state index contributed by atoms with van der Waals surface area (Å²) in [4.78, 5) is 12.1. The summed E-state index contributed by atoms with van der Waals surface area (Å²) >= 11 is 0. The second kappa shape index (κ2) is 5.98. The van der Waals surface area contributed by atoms with Crippen LogP contribution >= 0.6 is 0 Å². The van der Waals surface area contributed by atoms with Gasteiger partial charge in [0.1, 0.15) is 0 Å².